The molecule has 1 rings (SSSR count). The van der Waals surface area contributed by atoms with Crippen LogP contribution >= 0.6 is 0 Å². The molecule has 5 nitrogen and oxygen atoms in total. The first-order valence-corrected chi connectivity index (χ1v) is 3.38. The van der Waals surface area contributed by atoms with Crippen LogP contribution in [0.3, 0.4) is 0 Å². The zero-order valence-corrected chi connectivity index (χ0v) is 6.33. The molecule has 0 radical (unpaired) electrons. The van der Waals surface area contributed by atoms with Crippen LogP contribution in [0.4, 0.5) is 0 Å². The van der Waals surface area contributed by atoms with Gasteiger partial charge in [0.2, 0.25) is 5.91 Å². The molecule has 1 atom stereocenters. The van der Waals surface area contributed by atoms with Gasteiger partial charge < -0.3 is 15.9 Å². The van der Waals surface area contributed by atoms with E-state index in [1.165, 1.54) is 7.11 Å². The average molecular weight is 157 g/mol. The molecular formula is C6H11N3O2. The summed E-state index contributed by atoms with van der Waals surface area (Å²) in [6.45, 7) is 0.732. The normalized spacial score (nSPS) is 27.4. The van der Waals surface area contributed by atoms with Crippen molar-refractivity contribution < 1.29 is 9.63 Å². The topological polar surface area (TPSA) is 76.7 Å². The summed E-state index contributed by atoms with van der Waals surface area (Å²) in [6, 6.07) is -0.435. The Morgan fingerprint density at radius 3 is 3.18 bits per heavy atom. The summed E-state index contributed by atoms with van der Waals surface area (Å²) in [7, 11) is 1.45. The van der Waals surface area contributed by atoms with Crippen LogP contribution in [-0.4, -0.2) is 31.3 Å². The van der Waals surface area contributed by atoms with E-state index in [0.717, 1.165) is 13.0 Å². The molecule has 0 aromatic heterocycles. The van der Waals surface area contributed by atoms with E-state index in [-0.39, 0.29) is 0 Å². The molecule has 3 N–H and O–H groups in total. The van der Waals surface area contributed by atoms with E-state index >= 15 is 0 Å². The number of hydrogen-bond donors (Lipinski definition) is 2. The Morgan fingerprint density at radius 2 is 2.64 bits per heavy atom. The Kier molecular flexibility index (Phi) is 2.43. The van der Waals surface area contributed by atoms with Crippen LogP contribution in [-0.2, 0) is 9.63 Å². The second-order valence-electron chi connectivity index (χ2n) is 2.30. The first-order valence-electron chi connectivity index (χ1n) is 3.38. The molecule has 1 fully saturated rings. The van der Waals surface area contributed by atoms with Gasteiger partial charge in [0.15, 0.2) is 0 Å². The molecule has 0 saturated carbocycles. The van der Waals surface area contributed by atoms with Gasteiger partial charge in [-0.05, 0) is 0 Å². The fourth-order valence-electron chi connectivity index (χ4n) is 1.09. The Balaban J connectivity index is 2.65. The average Bonchev–Trinajstić information content (AvgIpc) is 2.36. The number of rotatable bonds is 2. The molecule has 0 aliphatic carbocycles. The van der Waals surface area contributed by atoms with Crippen molar-refractivity contribution >= 4 is 11.6 Å². The summed E-state index contributed by atoms with van der Waals surface area (Å²) in [6.07, 6.45) is 0.724. The Labute approximate surface area is 64.6 Å². The number of hydrogen-bond acceptors (Lipinski definition) is 4. The second-order valence-corrected chi connectivity index (χ2v) is 2.30. The van der Waals surface area contributed by atoms with Crippen molar-refractivity contribution in [1.82, 2.24) is 5.32 Å². The van der Waals surface area contributed by atoms with Gasteiger partial charge in [0, 0.05) is 13.0 Å². The summed E-state index contributed by atoms with van der Waals surface area (Å²) >= 11 is 0. The van der Waals surface area contributed by atoms with Gasteiger partial charge >= 0.3 is 0 Å². The standard InChI is InChI=1S/C6H11N3O2/c1-11-9-4-2-3-8-5(4)6(7)10/h5,8H,2-3H2,1H3,(H2,7,10). The van der Waals surface area contributed by atoms with Gasteiger partial charge in [-0.15, -0.1) is 0 Å². The van der Waals surface area contributed by atoms with E-state index in [1.54, 1.807) is 0 Å². The third-order valence-corrected chi connectivity index (χ3v) is 1.56. The SMILES string of the molecule is CON=C1CCNC1C(N)=O. The van der Waals surface area contributed by atoms with Crippen LogP contribution in [0.2, 0.25) is 0 Å². The maximum atomic E-state index is 10.7. The molecule has 1 heterocycles. The minimum absolute atomic E-state index is 0.404. The van der Waals surface area contributed by atoms with Crippen LogP contribution in [0, 0.1) is 0 Å². The maximum absolute atomic E-state index is 10.7. The van der Waals surface area contributed by atoms with Gasteiger partial charge in [-0.2, -0.15) is 0 Å². The molecule has 11 heavy (non-hydrogen) atoms. The lowest BCUT2D eigenvalue weighted by molar-refractivity contribution is -0.118. The smallest absolute Gasteiger partial charge is 0.240 e. The summed E-state index contributed by atoms with van der Waals surface area (Å²) in [5, 5.41) is 6.59. The highest BCUT2D eigenvalue weighted by Gasteiger charge is 2.27. The summed E-state index contributed by atoms with van der Waals surface area (Å²) in [4.78, 5) is 15.3. The zero-order chi connectivity index (χ0) is 8.27. The van der Waals surface area contributed by atoms with Crippen LogP contribution in [0.1, 0.15) is 6.42 Å². The lowest BCUT2D eigenvalue weighted by Gasteiger charge is -2.04. The van der Waals surface area contributed by atoms with Crippen molar-refractivity contribution in [2.24, 2.45) is 10.9 Å². The molecule has 5 heteroatoms. The highest BCUT2D eigenvalue weighted by molar-refractivity contribution is 6.08. The van der Waals surface area contributed by atoms with Crippen LogP contribution in [0.5, 0.6) is 0 Å². The van der Waals surface area contributed by atoms with Crippen LogP contribution < -0.4 is 11.1 Å². The summed E-state index contributed by atoms with van der Waals surface area (Å²) in [5.41, 5.74) is 5.76. The van der Waals surface area contributed by atoms with E-state index in [1.807, 2.05) is 0 Å². The van der Waals surface area contributed by atoms with Crippen molar-refractivity contribution in [3.8, 4) is 0 Å². The number of oxime groups is 1. The lowest BCUT2D eigenvalue weighted by Crippen LogP contribution is -2.40. The van der Waals surface area contributed by atoms with Crippen molar-refractivity contribution in [2.45, 2.75) is 12.5 Å². The van der Waals surface area contributed by atoms with Crippen LogP contribution in [0.15, 0.2) is 5.16 Å². The minimum atomic E-state index is -0.435. The predicted molar refractivity (Wildman–Crippen MR) is 40.0 cm³/mol. The minimum Gasteiger partial charge on any atom is -0.399 e. The number of carbonyl (C=O) groups is 1. The molecule has 62 valence electrons. The van der Waals surface area contributed by atoms with Gasteiger partial charge in [-0.25, -0.2) is 0 Å². The molecule has 0 bridgehead atoms. The molecule has 0 aromatic carbocycles. The van der Waals surface area contributed by atoms with Crippen LogP contribution in [0.25, 0.3) is 0 Å². The van der Waals surface area contributed by atoms with E-state index in [4.69, 9.17) is 5.73 Å². The second kappa shape index (κ2) is 3.34. The number of nitrogens with zero attached hydrogens (tertiary/aromatic N) is 1. The Hall–Kier alpha value is -1.10. The molecule has 0 aromatic rings. The van der Waals surface area contributed by atoms with E-state index in [0.29, 0.717) is 5.71 Å². The summed E-state index contributed by atoms with van der Waals surface area (Å²) < 4.78 is 0. The Bertz CT molecular complexity index is 190. The van der Waals surface area contributed by atoms with Gasteiger partial charge in [-0.3, -0.25) is 4.79 Å². The van der Waals surface area contributed by atoms with Gasteiger partial charge in [0.1, 0.15) is 13.2 Å². The molecular weight excluding hydrogens is 146 g/mol. The van der Waals surface area contributed by atoms with Gasteiger partial charge in [0.05, 0.1) is 5.71 Å². The van der Waals surface area contributed by atoms with Gasteiger partial charge in [-0.1, -0.05) is 5.16 Å². The zero-order valence-electron chi connectivity index (χ0n) is 6.33. The molecule has 0 spiro atoms. The third-order valence-electron chi connectivity index (χ3n) is 1.56. The van der Waals surface area contributed by atoms with E-state index in [9.17, 15) is 4.79 Å². The lowest BCUT2D eigenvalue weighted by atomic mass is 10.2. The molecule has 1 saturated heterocycles. The van der Waals surface area contributed by atoms with E-state index in [2.05, 4.69) is 15.3 Å². The number of carbonyl (C=O) groups excluding carboxylic acids is 1. The van der Waals surface area contributed by atoms with Crippen molar-refractivity contribution in [3.63, 3.8) is 0 Å². The first kappa shape index (κ1) is 8.00. The highest BCUT2D eigenvalue weighted by atomic mass is 16.6. The summed E-state index contributed by atoms with van der Waals surface area (Å²) in [5.74, 6) is -0.404. The molecule has 1 unspecified atom stereocenters. The quantitative estimate of drug-likeness (QED) is 0.496. The number of amides is 1. The third kappa shape index (κ3) is 1.68. The van der Waals surface area contributed by atoms with E-state index < -0.39 is 11.9 Å². The van der Waals surface area contributed by atoms with Crippen molar-refractivity contribution in [2.75, 3.05) is 13.7 Å². The van der Waals surface area contributed by atoms with Crippen molar-refractivity contribution in [1.29, 1.82) is 0 Å². The molecule has 1 amide bonds. The maximum Gasteiger partial charge on any atom is 0.240 e. The molecule has 1 aliphatic heterocycles. The number of nitrogens with two attached hydrogens (primary N) is 1. The predicted octanol–water partition coefficient (Wildman–Crippen LogP) is -1.16. The largest absolute Gasteiger partial charge is 0.399 e. The number of nitrogens with one attached hydrogen (secondary N) is 1. The molecule has 1 aliphatic rings. The fourth-order valence-corrected chi connectivity index (χ4v) is 1.09. The van der Waals surface area contributed by atoms with Gasteiger partial charge in [0.25, 0.3) is 0 Å². The fraction of sp³-hybridized carbons (Fsp3) is 0.667. The monoisotopic (exact) mass is 157 g/mol. The first-order chi connectivity index (χ1) is 5.25. The highest BCUT2D eigenvalue weighted by Crippen LogP contribution is 2.02. The number of primary amides is 1. The Morgan fingerprint density at radius 1 is 1.91 bits per heavy atom. The van der Waals surface area contributed by atoms with Crippen molar-refractivity contribution in [3.05, 3.63) is 0 Å².